The third kappa shape index (κ3) is 3.93. The van der Waals surface area contributed by atoms with Crippen LogP contribution in [0.4, 0.5) is 5.69 Å². The molecule has 0 bridgehead atoms. The van der Waals surface area contributed by atoms with Crippen LogP contribution in [-0.2, 0) is 4.79 Å². The summed E-state index contributed by atoms with van der Waals surface area (Å²) in [6, 6.07) is 7.42. The zero-order chi connectivity index (χ0) is 12.0. The fourth-order valence-electron chi connectivity index (χ4n) is 1.38. The van der Waals surface area contributed by atoms with Crippen molar-refractivity contribution in [2.24, 2.45) is 5.92 Å². The largest absolute Gasteiger partial charge is 0.495 e. The predicted octanol–water partition coefficient (Wildman–Crippen LogP) is 3.07. The van der Waals surface area contributed by atoms with Crippen molar-refractivity contribution >= 4 is 11.6 Å². The number of carbonyl (C=O) groups excluding carboxylic acids is 1. The normalized spacial score (nSPS) is 10.2. The van der Waals surface area contributed by atoms with Crippen LogP contribution in [0.2, 0.25) is 0 Å². The molecule has 0 unspecified atom stereocenters. The molecule has 16 heavy (non-hydrogen) atoms. The number of ether oxygens (including phenoxy) is 1. The Morgan fingerprint density at radius 3 is 2.69 bits per heavy atom. The van der Waals surface area contributed by atoms with E-state index in [9.17, 15) is 4.79 Å². The van der Waals surface area contributed by atoms with Crippen LogP contribution in [0.1, 0.15) is 26.7 Å². The highest BCUT2D eigenvalue weighted by Crippen LogP contribution is 2.23. The first-order valence-electron chi connectivity index (χ1n) is 5.56. The van der Waals surface area contributed by atoms with E-state index < -0.39 is 0 Å². The molecule has 3 nitrogen and oxygen atoms in total. The molecule has 0 atom stereocenters. The van der Waals surface area contributed by atoms with Crippen molar-refractivity contribution in [3.05, 3.63) is 24.3 Å². The number of methoxy groups -OCH3 is 1. The Bertz CT molecular complexity index is 348. The minimum atomic E-state index is 0.0400. The van der Waals surface area contributed by atoms with Crippen LogP contribution in [0.15, 0.2) is 24.3 Å². The smallest absolute Gasteiger partial charge is 0.224 e. The van der Waals surface area contributed by atoms with Gasteiger partial charge in [-0.3, -0.25) is 4.79 Å². The summed E-state index contributed by atoms with van der Waals surface area (Å²) in [6.07, 6.45) is 1.46. The molecule has 1 aromatic carbocycles. The Balaban J connectivity index is 2.55. The second-order valence-electron chi connectivity index (χ2n) is 4.18. The quantitative estimate of drug-likeness (QED) is 0.829. The molecule has 0 fully saturated rings. The lowest BCUT2D eigenvalue weighted by molar-refractivity contribution is -0.116. The lowest BCUT2D eigenvalue weighted by atomic mass is 10.1. The molecule has 88 valence electrons. The van der Waals surface area contributed by atoms with Crippen molar-refractivity contribution in [3.63, 3.8) is 0 Å². The van der Waals surface area contributed by atoms with Gasteiger partial charge < -0.3 is 10.1 Å². The molecule has 0 aromatic heterocycles. The maximum atomic E-state index is 11.6. The van der Waals surface area contributed by atoms with E-state index in [1.807, 2.05) is 24.3 Å². The number of rotatable bonds is 5. The van der Waals surface area contributed by atoms with Crippen LogP contribution in [0.3, 0.4) is 0 Å². The number of benzene rings is 1. The number of para-hydroxylation sites is 2. The Kier molecular flexibility index (Phi) is 4.83. The first-order valence-corrected chi connectivity index (χ1v) is 5.56. The standard InChI is InChI=1S/C13H19NO2/c1-10(2)8-9-13(15)14-11-6-4-5-7-12(11)16-3/h4-7,10H,8-9H2,1-3H3,(H,14,15). The van der Waals surface area contributed by atoms with Crippen molar-refractivity contribution in [1.82, 2.24) is 0 Å². The summed E-state index contributed by atoms with van der Waals surface area (Å²) in [5, 5.41) is 2.85. The van der Waals surface area contributed by atoms with Crippen LogP contribution in [0.25, 0.3) is 0 Å². The maximum Gasteiger partial charge on any atom is 0.224 e. The van der Waals surface area contributed by atoms with Crippen LogP contribution in [0.5, 0.6) is 5.75 Å². The van der Waals surface area contributed by atoms with E-state index in [1.54, 1.807) is 7.11 Å². The van der Waals surface area contributed by atoms with E-state index in [-0.39, 0.29) is 5.91 Å². The van der Waals surface area contributed by atoms with Gasteiger partial charge in [0.15, 0.2) is 0 Å². The van der Waals surface area contributed by atoms with Gasteiger partial charge in [0.25, 0.3) is 0 Å². The monoisotopic (exact) mass is 221 g/mol. The van der Waals surface area contributed by atoms with E-state index in [0.717, 1.165) is 12.1 Å². The third-order valence-electron chi connectivity index (χ3n) is 2.33. The fraction of sp³-hybridized carbons (Fsp3) is 0.462. The van der Waals surface area contributed by atoms with Gasteiger partial charge in [0, 0.05) is 6.42 Å². The van der Waals surface area contributed by atoms with Gasteiger partial charge in [-0.15, -0.1) is 0 Å². The Labute approximate surface area is 96.8 Å². The molecule has 0 saturated carbocycles. The summed E-state index contributed by atoms with van der Waals surface area (Å²) in [4.78, 5) is 11.6. The van der Waals surface area contributed by atoms with Crippen LogP contribution in [0, 0.1) is 5.92 Å². The number of carbonyl (C=O) groups is 1. The zero-order valence-electron chi connectivity index (χ0n) is 10.1. The molecular weight excluding hydrogens is 202 g/mol. The molecule has 0 aliphatic carbocycles. The summed E-state index contributed by atoms with van der Waals surface area (Å²) < 4.78 is 5.16. The van der Waals surface area contributed by atoms with Crippen molar-refractivity contribution in [3.8, 4) is 5.75 Å². The molecule has 0 aliphatic heterocycles. The highest BCUT2D eigenvalue weighted by Gasteiger charge is 2.07. The van der Waals surface area contributed by atoms with Crippen LogP contribution in [-0.4, -0.2) is 13.0 Å². The summed E-state index contributed by atoms with van der Waals surface area (Å²) in [5.74, 6) is 1.28. The summed E-state index contributed by atoms with van der Waals surface area (Å²) >= 11 is 0. The van der Waals surface area contributed by atoms with Gasteiger partial charge >= 0.3 is 0 Å². The van der Waals surface area contributed by atoms with E-state index in [0.29, 0.717) is 18.1 Å². The minimum absolute atomic E-state index is 0.0400. The number of hydrogen-bond acceptors (Lipinski definition) is 2. The number of amides is 1. The molecule has 1 amide bonds. The van der Waals surface area contributed by atoms with Gasteiger partial charge in [-0.05, 0) is 24.5 Å². The number of anilines is 1. The number of hydrogen-bond donors (Lipinski definition) is 1. The average molecular weight is 221 g/mol. The SMILES string of the molecule is COc1ccccc1NC(=O)CCC(C)C. The van der Waals surface area contributed by atoms with E-state index in [2.05, 4.69) is 19.2 Å². The fourth-order valence-corrected chi connectivity index (χ4v) is 1.38. The van der Waals surface area contributed by atoms with E-state index in [4.69, 9.17) is 4.74 Å². The van der Waals surface area contributed by atoms with Crippen molar-refractivity contribution in [2.45, 2.75) is 26.7 Å². The molecule has 0 saturated heterocycles. The molecule has 1 rings (SSSR count). The van der Waals surface area contributed by atoms with Crippen molar-refractivity contribution < 1.29 is 9.53 Å². The first-order chi connectivity index (χ1) is 7.63. The maximum absolute atomic E-state index is 11.6. The Hall–Kier alpha value is -1.51. The molecule has 0 spiro atoms. The van der Waals surface area contributed by atoms with E-state index >= 15 is 0 Å². The summed E-state index contributed by atoms with van der Waals surface area (Å²) in [5.41, 5.74) is 0.735. The van der Waals surface area contributed by atoms with Gasteiger partial charge in [0.1, 0.15) is 5.75 Å². The van der Waals surface area contributed by atoms with Gasteiger partial charge in [0.05, 0.1) is 12.8 Å². The molecule has 0 heterocycles. The molecular formula is C13H19NO2. The molecule has 3 heteroatoms. The zero-order valence-corrected chi connectivity index (χ0v) is 10.1. The van der Waals surface area contributed by atoms with Crippen LogP contribution >= 0.6 is 0 Å². The topological polar surface area (TPSA) is 38.3 Å². The second kappa shape index (κ2) is 6.16. The third-order valence-corrected chi connectivity index (χ3v) is 2.33. The first kappa shape index (κ1) is 12.6. The number of nitrogens with one attached hydrogen (secondary N) is 1. The minimum Gasteiger partial charge on any atom is -0.495 e. The predicted molar refractivity (Wildman–Crippen MR) is 65.7 cm³/mol. The average Bonchev–Trinajstić information content (AvgIpc) is 2.27. The molecule has 1 N–H and O–H groups in total. The van der Waals surface area contributed by atoms with Gasteiger partial charge in [-0.1, -0.05) is 26.0 Å². The lowest BCUT2D eigenvalue weighted by Crippen LogP contribution is -2.12. The Morgan fingerprint density at radius 2 is 2.06 bits per heavy atom. The highest BCUT2D eigenvalue weighted by molar-refractivity contribution is 5.92. The van der Waals surface area contributed by atoms with Gasteiger partial charge in [-0.25, -0.2) is 0 Å². The van der Waals surface area contributed by atoms with Crippen LogP contribution < -0.4 is 10.1 Å². The highest BCUT2D eigenvalue weighted by atomic mass is 16.5. The molecule has 0 aliphatic rings. The van der Waals surface area contributed by atoms with Crippen molar-refractivity contribution in [1.29, 1.82) is 0 Å². The van der Waals surface area contributed by atoms with Crippen molar-refractivity contribution in [2.75, 3.05) is 12.4 Å². The Morgan fingerprint density at radius 1 is 1.38 bits per heavy atom. The molecule has 0 radical (unpaired) electrons. The van der Waals surface area contributed by atoms with Gasteiger partial charge in [-0.2, -0.15) is 0 Å². The summed E-state index contributed by atoms with van der Waals surface area (Å²) in [7, 11) is 1.60. The van der Waals surface area contributed by atoms with E-state index in [1.165, 1.54) is 0 Å². The second-order valence-corrected chi connectivity index (χ2v) is 4.18. The molecule has 1 aromatic rings. The summed E-state index contributed by atoms with van der Waals surface area (Å²) in [6.45, 7) is 4.22. The van der Waals surface area contributed by atoms with Gasteiger partial charge in [0.2, 0.25) is 5.91 Å². The lowest BCUT2D eigenvalue weighted by Gasteiger charge is -2.10.